The van der Waals surface area contributed by atoms with Crippen molar-refractivity contribution >= 4 is 39.5 Å². The van der Waals surface area contributed by atoms with E-state index in [4.69, 9.17) is 37.0 Å². The highest BCUT2D eigenvalue weighted by Gasteiger charge is 2.30. The molecule has 19 heteroatoms. The van der Waals surface area contributed by atoms with Gasteiger partial charge in [0.05, 0.1) is 26.4 Å². The maximum absolute atomic E-state index is 13.1. The third-order valence-electron chi connectivity index (χ3n) is 20.2. The lowest BCUT2D eigenvalue weighted by Crippen LogP contribution is -2.30. The highest BCUT2D eigenvalue weighted by atomic mass is 31.2. The number of rotatable bonds is 82. The second-order valence-corrected chi connectivity index (χ2v) is 35.2. The first-order valence-corrected chi connectivity index (χ1v) is 46.7. The number of phosphoric acid groups is 2. The fourth-order valence-electron chi connectivity index (χ4n) is 13.1. The van der Waals surface area contributed by atoms with E-state index < -0.39 is 97.5 Å². The number of ether oxygens (including phenoxy) is 4. The van der Waals surface area contributed by atoms with Gasteiger partial charge in [0.25, 0.3) is 0 Å². The number of hydrogen-bond acceptors (Lipinski definition) is 15. The summed E-state index contributed by atoms with van der Waals surface area (Å²) in [6, 6.07) is 0. The lowest BCUT2D eigenvalue weighted by molar-refractivity contribution is -0.161. The maximum Gasteiger partial charge on any atom is 0.472 e. The molecule has 3 N–H and O–H groups in total. The molecule has 0 aromatic heterocycles. The molecule has 3 unspecified atom stereocenters. The fourth-order valence-corrected chi connectivity index (χ4v) is 14.7. The summed E-state index contributed by atoms with van der Waals surface area (Å²) < 4.78 is 68.9. The van der Waals surface area contributed by atoms with Gasteiger partial charge in [-0.25, -0.2) is 9.13 Å². The van der Waals surface area contributed by atoms with Crippen LogP contribution < -0.4 is 0 Å². The Morgan fingerprint density at radius 2 is 0.462 bits per heavy atom. The Morgan fingerprint density at radius 1 is 0.269 bits per heavy atom. The number of phosphoric ester groups is 2. The highest BCUT2D eigenvalue weighted by molar-refractivity contribution is 7.47. The van der Waals surface area contributed by atoms with E-state index >= 15 is 0 Å². The molecule has 0 aromatic rings. The zero-order valence-electron chi connectivity index (χ0n) is 68.7. The van der Waals surface area contributed by atoms with Gasteiger partial charge in [-0.3, -0.25) is 37.3 Å². The Balaban J connectivity index is 5.27. The number of aliphatic hydroxyl groups is 1. The standard InChI is InChI=1S/C85H166O17P2/c1-9-78(8)64-56-48-40-35-36-42-50-58-66-83(88)96-72-81(102-85(90)68-60-52-44-34-28-22-16-19-25-31-39-47-55-63-77(6)7)74-100-104(93,94)98-70-79(86)69-97-103(91,92)99-73-80(71-95-82(87)65-57-49-41-32-26-20-15-14-18-24-30-38-46-54-62-76(4)5)101-84(89)67-59-51-43-33-27-21-13-11-10-12-17-23-29-37-45-53-61-75(2)3/h75-81,86H,9-74H2,1-8H3,(H,91,92)(H,93,94)/t78?,79-,80-,81-/m1/s1. The summed E-state index contributed by atoms with van der Waals surface area (Å²) in [5.74, 6) is 1.06. The van der Waals surface area contributed by atoms with Gasteiger partial charge >= 0.3 is 39.5 Å². The van der Waals surface area contributed by atoms with Crippen molar-refractivity contribution in [1.82, 2.24) is 0 Å². The molecule has 0 bridgehead atoms. The summed E-state index contributed by atoms with van der Waals surface area (Å²) in [7, 11) is -9.93. The van der Waals surface area contributed by atoms with E-state index in [9.17, 15) is 43.2 Å². The molecule has 618 valence electrons. The molecule has 0 saturated carbocycles. The van der Waals surface area contributed by atoms with Crippen LogP contribution in [-0.4, -0.2) is 96.7 Å². The molecule has 0 aromatic carbocycles. The highest BCUT2D eigenvalue weighted by Crippen LogP contribution is 2.45. The maximum atomic E-state index is 13.1. The van der Waals surface area contributed by atoms with Crippen molar-refractivity contribution in [3.63, 3.8) is 0 Å². The Kier molecular flexibility index (Phi) is 72.5. The van der Waals surface area contributed by atoms with E-state index in [1.54, 1.807) is 0 Å². The summed E-state index contributed by atoms with van der Waals surface area (Å²) in [6.45, 7) is 14.4. The first kappa shape index (κ1) is 102. The molecule has 0 aliphatic heterocycles. The molecule has 0 spiro atoms. The van der Waals surface area contributed by atoms with Gasteiger partial charge in [-0.2, -0.15) is 0 Å². The fraction of sp³-hybridized carbons (Fsp3) is 0.953. The smallest absolute Gasteiger partial charge is 0.462 e. The molecule has 104 heavy (non-hydrogen) atoms. The lowest BCUT2D eigenvalue weighted by Gasteiger charge is -2.21. The van der Waals surface area contributed by atoms with Gasteiger partial charge in [0.2, 0.25) is 0 Å². The van der Waals surface area contributed by atoms with Gasteiger partial charge < -0.3 is 33.8 Å². The molecule has 17 nitrogen and oxygen atoms in total. The third-order valence-corrected chi connectivity index (χ3v) is 22.1. The molecule has 0 aliphatic carbocycles. The summed E-state index contributed by atoms with van der Waals surface area (Å²) in [5, 5.41) is 10.7. The zero-order valence-corrected chi connectivity index (χ0v) is 70.5. The molecular weight excluding hydrogens is 1350 g/mol. The molecule has 0 fully saturated rings. The van der Waals surface area contributed by atoms with Crippen LogP contribution in [0.1, 0.15) is 441 Å². The van der Waals surface area contributed by atoms with Crippen LogP contribution in [0.5, 0.6) is 0 Å². The largest absolute Gasteiger partial charge is 0.472 e. The lowest BCUT2D eigenvalue weighted by atomic mass is 9.99. The number of carbonyl (C=O) groups is 4. The number of unbranched alkanes of at least 4 members (excludes halogenated alkanes) is 47. The van der Waals surface area contributed by atoms with Crippen LogP contribution in [0.25, 0.3) is 0 Å². The van der Waals surface area contributed by atoms with Crippen molar-refractivity contribution in [2.75, 3.05) is 39.6 Å². The van der Waals surface area contributed by atoms with Gasteiger partial charge in [-0.15, -0.1) is 0 Å². The minimum Gasteiger partial charge on any atom is -0.462 e. The second kappa shape index (κ2) is 73.8. The van der Waals surface area contributed by atoms with E-state index in [-0.39, 0.29) is 25.7 Å². The van der Waals surface area contributed by atoms with Crippen LogP contribution in [0.3, 0.4) is 0 Å². The summed E-state index contributed by atoms with van der Waals surface area (Å²) in [6.07, 6.45) is 62.3. The quantitative estimate of drug-likeness (QED) is 0.0222. The predicted molar refractivity (Wildman–Crippen MR) is 428 cm³/mol. The van der Waals surface area contributed by atoms with E-state index in [1.165, 1.54) is 244 Å². The van der Waals surface area contributed by atoms with Crippen molar-refractivity contribution in [2.24, 2.45) is 23.7 Å². The molecule has 0 saturated heterocycles. The van der Waals surface area contributed by atoms with Gasteiger partial charge in [0.15, 0.2) is 12.2 Å². The van der Waals surface area contributed by atoms with E-state index in [0.29, 0.717) is 25.7 Å². The van der Waals surface area contributed by atoms with Crippen molar-refractivity contribution in [1.29, 1.82) is 0 Å². The van der Waals surface area contributed by atoms with Crippen molar-refractivity contribution in [3.05, 3.63) is 0 Å². The van der Waals surface area contributed by atoms with Crippen LogP contribution in [0.2, 0.25) is 0 Å². The second-order valence-electron chi connectivity index (χ2n) is 32.2. The molecule has 0 radical (unpaired) electrons. The average Bonchev–Trinajstić information content (AvgIpc) is 0.903. The summed E-state index contributed by atoms with van der Waals surface area (Å²) in [4.78, 5) is 73.2. The Morgan fingerprint density at radius 3 is 0.683 bits per heavy atom. The number of aliphatic hydroxyl groups excluding tert-OH is 1. The minimum atomic E-state index is -4.97. The topological polar surface area (TPSA) is 237 Å². The third kappa shape index (κ3) is 76.8. The predicted octanol–water partition coefficient (Wildman–Crippen LogP) is 25.6. The van der Waals surface area contributed by atoms with Crippen molar-refractivity contribution in [3.8, 4) is 0 Å². The SMILES string of the molecule is CCC(C)CCCCCCCCCCC(=O)OC[C@H](COP(=O)(O)OC[C@H](O)COP(=O)(O)OC[C@@H](COC(=O)CCCCCCCCCCCCCCCCC(C)C)OC(=O)CCCCCCCCCCCCCCCCCCC(C)C)OC(=O)CCCCCCCCCCCCCCCC(C)C. The van der Waals surface area contributed by atoms with Crippen LogP contribution in [-0.2, 0) is 65.4 Å². The molecule has 0 aliphatic rings. The molecule has 6 atom stereocenters. The zero-order chi connectivity index (χ0) is 76.7. The average molecular weight is 1520 g/mol. The summed E-state index contributed by atoms with van der Waals surface area (Å²) >= 11 is 0. The minimum absolute atomic E-state index is 0.107. The Labute approximate surface area is 638 Å². The van der Waals surface area contributed by atoms with Crippen molar-refractivity contribution < 1.29 is 80.2 Å². The van der Waals surface area contributed by atoms with Crippen LogP contribution in [0.15, 0.2) is 0 Å². The first-order valence-electron chi connectivity index (χ1n) is 43.7. The summed E-state index contributed by atoms with van der Waals surface area (Å²) in [5.41, 5.74) is 0. The van der Waals surface area contributed by atoms with Crippen LogP contribution in [0.4, 0.5) is 0 Å². The first-order chi connectivity index (χ1) is 50.1. The number of esters is 4. The molecule has 0 amide bonds. The van der Waals surface area contributed by atoms with Gasteiger partial charge in [0, 0.05) is 25.7 Å². The monoisotopic (exact) mass is 1520 g/mol. The van der Waals surface area contributed by atoms with Crippen LogP contribution >= 0.6 is 15.6 Å². The van der Waals surface area contributed by atoms with Crippen molar-refractivity contribution in [2.45, 2.75) is 459 Å². The van der Waals surface area contributed by atoms with Gasteiger partial charge in [0.1, 0.15) is 19.3 Å². The number of hydrogen-bond donors (Lipinski definition) is 3. The molecule has 0 heterocycles. The van der Waals surface area contributed by atoms with Gasteiger partial charge in [-0.1, -0.05) is 389 Å². The Bertz CT molecular complexity index is 2030. The Hall–Kier alpha value is -1.94. The number of carbonyl (C=O) groups excluding carboxylic acids is 4. The van der Waals surface area contributed by atoms with Gasteiger partial charge in [-0.05, 0) is 49.4 Å². The van der Waals surface area contributed by atoms with E-state index in [2.05, 4.69) is 55.4 Å². The van der Waals surface area contributed by atoms with Crippen LogP contribution in [0, 0.1) is 23.7 Å². The molecule has 0 rings (SSSR count). The molecular formula is C85H166O17P2. The van der Waals surface area contributed by atoms with E-state index in [1.807, 2.05) is 0 Å². The van der Waals surface area contributed by atoms with E-state index in [0.717, 1.165) is 114 Å². The normalized spacial score (nSPS) is 14.2.